The minimum absolute atomic E-state index is 0.286. The molecule has 2 heterocycles. The summed E-state index contributed by atoms with van der Waals surface area (Å²) in [5.41, 5.74) is 1.47. The highest BCUT2D eigenvalue weighted by atomic mass is 35.5. The van der Waals surface area contributed by atoms with Crippen molar-refractivity contribution < 1.29 is 14.3 Å². The highest BCUT2D eigenvalue weighted by Crippen LogP contribution is 2.28. The standard InChI is InChI=1S/C18H19ClN4O3/c1-12(17(24)23-9-8-21-18(23)25)22-13-5-6-16(15(19)10-13)26-11-14-4-2-3-7-20-14/h2-7,10,12,22H,8-9,11H2,1H3,(H,21,25)/t12-/m1/s1. The van der Waals surface area contributed by atoms with Crippen LogP contribution in [0, 0.1) is 0 Å². The van der Waals surface area contributed by atoms with Crippen LogP contribution in [0.5, 0.6) is 5.75 Å². The van der Waals surface area contributed by atoms with Crippen molar-refractivity contribution in [3.8, 4) is 5.75 Å². The molecule has 1 aliphatic heterocycles. The molecule has 0 bridgehead atoms. The van der Waals surface area contributed by atoms with E-state index in [0.717, 1.165) is 5.69 Å². The quantitative estimate of drug-likeness (QED) is 0.812. The Hall–Kier alpha value is -2.80. The Labute approximate surface area is 156 Å². The number of imide groups is 1. The van der Waals surface area contributed by atoms with E-state index in [1.165, 1.54) is 4.90 Å². The molecular weight excluding hydrogens is 356 g/mol. The Kier molecular flexibility index (Phi) is 5.58. The summed E-state index contributed by atoms with van der Waals surface area (Å²) in [5, 5.41) is 6.09. The van der Waals surface area contributed by atoms with Gasteiger partial charge in [-0.05, 0) is 37.3 Å². The van der Waals surface area contributed by atoms with E-state index in [1.807, 2.05) is 18.2 Å². The summed E-state index contributed by atoms with van der Waals surface area (Å²) < 4.78 is 5.68. The highest BCUT2D eigenvalue weighted by Gasteiger charge is 2.29. The molecule has 2 aromatic rings. The molecule has 3 amide bonds. The third-order valence-corrected chi connectivity index (χ3v) is 4.21. The van der Waals surface area contributed by atoms with Crippen LogP contribution in [0.15, 0.2) is 42.6 Å². The van der Waals surface area contributed by atoms with Crippen LogP contribution in [0.25, 0.3) is 0 Å². The van der Waals surface area contributed by atoms with Gasteiger partial charge in [0, 0.05) is 25.0 Å². The maximum atomic E-state index is 12.3. The van der Waals surface area contributed by atoms with Crippen LogP contribution < -0.4 is 15.4 Å². The van der Waals surface area contributed by atoms with Crippen LogP contribution in [-0.4, -0.2) is 41.0 Å². The van der Waals surface area contributed by atoms with Crippen molar-refractivity contribution in [2.75, 3.05) is 18.4 Å². The molecule has 0 saturated carbocycles. The fraction of sp³-hybridized carbons (Fsp3) is 0.278. The van der Waals surface area contributed by atoms with E-state index >= 15 is 0 Å². The number of halogens is 1. The molecule has 1 atom stereocenters. The summed E-state index contributed by atoms with van der Waals surface area (Å²) in [5.74, 6) is 0.243. The van der Waals surface area contributed by atoms with Gasteiger partial charge in [0.1, 0.15) is 18.4 Å². The van der Waals surface area contributed by atoms with Gasteiger partial charge in [-0.1, -0.05) is 17.7 Å². The Morgan fingerprint density at radius 1 is 1.42 bits per heavy atom. The first-order valence-electron chi connectivity index (χ1n) is 8.22. The molecule has 1 aliphatic rings. The zero-order chi connectivity index (χ0) is 18.5. The molecule has 0 spiro atoms. The first-order chi connectivity index (χ1) is 12.5. The number of nitrogens with one attached hydrogen (secondary N) is 2. The van der Waals surface area contributed by atoms with Crippen LogP contribution in [0.4, 0.5) is 10.5 Å². The van der Waals surface area contributed by atoms with Crippen LogP contribution in [-0.2, 0) is 11.4 Å². The average molecular weight is 375 g/mol. The lowest BCUT2D eigenvalue weighted by molar-refractivity contribution is -0.128. The first-order valence-corrected chi connectivity index (χ1v) is 8.60. The molecule has 1 saturated heterocycles. The number of amides is 3. The lowest BCUT2D eigenvalue weighted by Crippen LogP contribution is -2.43. The number of pyridine rings is 1. The van der Waals surface area contributed by atoms with E-state index in [9.17, 15) is 9.59 Å². The Bertz CT molecular complexity index is 800. The van der Waals surface area contributed by atoms with E-state index in [1.54, 1.807) is 31.3 Å². The number of hydrogen-bond acceptors (Lipinski definition) is 5. The smallest absolute Gasteiger partial charge is 0.324 e. The summed E-state index contributed by atoms with van der Waals surface area (Å²) in [7, 11) is 0. The van der Waals surface area contributed by atoms with E-state index < -0.39 is 6.04 Å². The molecule has 2 N–H and O–H groups in total. The van der Waals surface area contributed by atoms with Gasteiger partial charge in [-0.25, -0.2) is 4.79 Å². The van der Waals surface area contributed by atoms with Gasteiger partial charge >= 0.3 is 6.03 Å². The van der Waals surface area contributed by atoms with E-state index in [2.05, 4.69) is 15.6 Å². The number of aromatic nitrogens is 1. The second kappa shape index (κ2) is 8.05. The van der Waals surface area contributed by atoms with Crippen molar-refractivity contribution >= 4 is 29.2 Å². The van der Waals surface area contributed by atoms with Gasteiger partial charge in [0.05, 0.1) is 10.7 Å². The third-order valence-electron chi connectivity index (χ3n) is 3.91. The van der Waals surface area contributed by atoms with Crippen molar-refractivity contribution in [1.82, 2.24) is 15.2 Å². The van der Waals surface area contributed by atoms with E-state index in [0.29, 0.717) is 36.2 Å². The third kappa shape index (κ3) is 4.23. The molecule has 0 radical (unpaired) electrons. The number of rotatable bonds is 6. The first kappa shape index (κ1) is 18.0. The van der Waals surface area contributed by atoms with Gasteiger partial charge in [-0.15, -0.1) is 0 Å². The number of benzene rings is 1. The summed E-state index contributed by atoms with van der Waals surface area (Å²) in [6, 6.07) is 9.86. The largest absolute Gasteiger partial charge is 0.486 e. The van der Waals surface area contributed by atoms with Crippen molar-refractivity contribution in [2.45, 2.75) is 19.6 Å². The Morgan fingerprint density at radius 2 is 2.27 bits per heavy atom. The Morgan fingerprint density at radius 3 is 2.92 bits per heavy atom. The summed E-state index contributed by atoms with van der Waals surface area (Å²) in [4.78, 5) is 29.3. The lowest BCUT2D eigenvalue weighted by atomic mass is 10.2. The highest BCUT2D eigenvalue weighted by molar-refractivity contribution is 6.32. The van der Waals surface area contributed by atoms with Gasteiger partial charge in [0.15, 0.2) is 0 Å². The zero-order valence-corrected chi connectivity index (χ0v) is 15.0. The van der Waals surface area contributed by atoms with Crippen molar-refractivity contribution in [3.63, 3.8) is 0 Å². The van der Waals surface area contributed by atoms with Crippen molar-refractivity contribution in [3.05, 3.63) is 53.3 Å². The fourth-order valence-electron chi connectivity index (χ4n) is 2.57. The lowest BCUT2D eigenvalue weighted by Gasteiger charge is -2.20. The predicted molar refractivity (Wildman–Crippen MR) is 98.2 cm³/mol. The van der Waals surface area contributed by atoms with Crippen LogP contribution in [0.3, 0.4) is 0 Å². The van der Waals surface area contributed by atoms with Crippen LogP contribution in [0.1, 0.15) is 12.6 Å². The predicted octanol–water partition coefficient (Wildman–Crippen LogP) is 2.67. The van der Waals surface area contributed by atoms with Crippen molar-refractivity contribution in [1.29, 1.82) is 0 Å². The number of anilines is 1. The molecule has 136 valence electrons. The molecule has 0 unspecified atom stereocenters. The molecule has 1 aromatic carbocycles. The number of carbonyl (C=O) groups excluding carboxylic acids is 2. The topological polar surface area (TPSA) is 83.6 Å². The second-order valence-corrected chi connectivity index (χ2v) is 6.25. The number of ether oxygens (including phenoxy) is 1. The number of hydrogen-bond donors (Lipinski definition) is 2. The van der Waals surface area contributed by atoms with E-state index in [-0.39, 0.29) is 11.9 Å². The van der Waals surface area contributed by atoms with E-state index in [4.69, 9.17) is 16.3 Å². The number of carbonyl (C=O) groups is 2. The molecule has 26 heavy (non-hydrogen) atoms. The number of urea groups is 1. The SMILES string of the molecule is C[C@@H](Nc1ccc(OCc2ccccn2)c(Cl)c1)C(=O)N1CCNC1=O. The van der Waals surface area contributed by atoms with Gasteiger partial charge in [0.25, 0.3) is 5.91 Å². The van der Waals surface area contributed by atoms with Gasteiger partial charge in [-0.2, -0.15) is 0 Å². The summed E-state index contributed by atoms with van der Waals surface area (Å²) >= 11 is 6.26. The average Bonchev–Trinajstić information content (AvgIpc) is 3.07. The molecule has 1 aromatic heterocycles. The molecule has 8 heteroatoms. The summed E-state index contributed by atoms with van der Waals surface area (Å²) in [6.45, 7) is 2.87. The maximum absolute atomic E-state index is 12.3. The van der Waals surface area contributed by atoms with Gasteiger partial charge in [0.2, 0.25) is 0 Å². The Balaban J connectivity index is 1.60. The van der Waals surface area contributed by atoms with Crippen molar-refractivity contribution in [2.24, 2.45) is 0 Å². The monoisotopic (exact) mass is 374 g/mol. The van der Waals surface area contributed by atoms with Gasteiger partial charge in [-0.3, -0.25) is 14.7 Å². The van der Waals surface area contributed by atoms with Crippen LogP contribution in [0.2, 0.25) is 5.02 Å². The molecule has 1 fully saturated rings. The molecule has 7 nitrogen and oxygen atoms in total. The summed E-state index contributed by atoms with van der Waals surface area (Å²) in [6.07, 6.45) is 1.70. The molecule has 0 aliphatic carbocycles. The fourth-order valence-corrected chi connectivity index (χ4v) is 2.81. The zero-order valence-electron chi connectivity index (χ0n) is 14.2. The number of nitrogens with zero attached hydrogens (tertiary/aromatic N) is 2. The maximum Gasteiger partial charge on any atom is 0.324 e. The minimum atomic E-state index is -0.560. The minimum Gasteiger partial charge on any atom is -0.486 e. The van der Waals surface area contributed by atoms with Crippen LogP contribution >= 0.6 is 11.6 Å². The molecule has 3 rings (SSSR count). The van der Waals surface area contributed by atoms with Gasteiger partial charge < -0.3 is 15.4 Å². The molecular formula is C18H19ClN4O3. The second-order valence-electron chi connectivity index (χ2n) is 5.84. The normalized spacial score (nSPS) is 14.7.